The summed E-state index contributed by atoms with van der Waals surface area (Å²) in [6.45, 7) is 1.59. The van der Waals surface area contributed by atoms with Crippen molar-refractivity contribution < 1.29 is 14.7 Å². The summed E-state index contributed by atoms with van der Waals surface area (Å²) in [5.41, 5.74) is 0.0987. The summed E-state index contributed by atoms with van der Waals surface area (Å²) in [6.07, 6.45) is -0.146. The van der Waals surface area contributed by atoms with Crippen molar-refractivity contribution >= 4 is 23.5 Å². The Morgan fingerprint density at radius 1 is 1.50 bits per heavy atom. The summed E-state index contributed by atoms with van der Waals surface area (Å²) < 4.78 is 0. The van der Waals surface area contributed by atoms with Gasteiger partial charge in [-0.25, -0.2) is 0 Å². The zero-order valence-corrected chi connectivity index (χ0v) is 9.23. The van der Waals surface area contributed by atoms with E-state index in [9.17, 15) is 9.59 Å². The average molecular weight is 244 g/mol. The highest BCUT2D eigenvalue weighted by molar-refractivity contribution is 6.29. The molecule has 1 heterocycles. The van der Waals surface area contributed by atoms with Gasteiger partial charge in [-0.15, -0.1) is 10.2 Å². The molecule has 1 unspecified atom stereocenters. The van der Waals surface area contributed by atoms with Crippen LogP contribution in [0.2, 0.25) is 5.15 Å². The van der Waals surface area contributed by atoms with E-state index < -0.39 is 17.9 Å². The number of hydrogen-bond donors (Lipinski definition) is 2. The molecule has 0 spiro atoms. The fourth-order valence-corrected chi connectivity index (χ4v) is 1.15. The lowest BCUT2D eigenvalue weighted by atomic mass is 10.2. The van der Waals surface area contributed by atoms with Crippen LogP contribution in [-0.2, 0) is 4.79 Å². The standard InChI is InChI=1S/C9H10ClN3O3/c1-5(4-8(14)15)11-9(16)6-2-3-7(10)13-12-6/h2-3,5H,4H2,1H3,(H,11,16)(H,14,15). The highest BCUT2D eigenvalue weighted by Gasteiger charge is 2.13. The molecule has 0 fully saturated rings. The van der Waals surface area contributed by atoms with Crippen LogP contribution >= 0.6 is 11.6 Å². The first-order chi connectivity index (χ1) is 7.49. The van der Waals surface area contributed by atoms with Gasteiger partial charge in [0.2, 0.25) is 0 Å². The van der Waals surface area contributed by atoms with Crippen LogP contribution in [0.1, 0.15) is 23.8 Å². The topological polar surface area (TPSA) is 92.2 Å². The predicted octanol–water partition coefficient (Wildman–Crippen LogP) is 0.723. The molecule has 16 heavy (non-hydrogen) atoms. The number of carbonyl (C=O) groups excluding carboxylic acids is 1. The van der Waals surface area contributed by atoms with Crippen molar-refractivity contribution in [3.05, 3.63) is 23.0 Å². The van der Waals surface area contributed by atoms with Crippen LogP contribution < -0.4 is 5.32 Å². The van der Waals surface area contributed by atoms with Crippen LogP contribution in [0, 0.1) is 0 Å². The maximum atomic E-state index is 11.5. The Balaban J connectivity index is 2.58. The molecule has 0 aliphatic heterocycles. The molecule has 7 heteroatoms. The third-order valence-electron chi connectivity index (χ3n) is 1.72. The molecule has 0 bridgehead atoms. The average Bonchev–Trinajstić information content (AvgIpc) is 2.16. The Morgan fingerprint density at radius 2 is 2.19 bits per heavy atom. The number of nitrogens with one attached hydrogen (secondary N) is 1. The van der Waals surface area contributed by atoms with Crippen LogP contribution in [-0.4, -0.2) is 33.2 Å². The molecular formula is C9H10ClN3O3. The van der Waals surface area contributed by atoms with Crippen molar-refractivity contribution in [3.8, 4) is 0 Å². The molecule has 0 aliphatic carbocycles. The van der Waals surface area contributed by atoms with Crippen molar-refractivity contribution in [3.63, 3.8) is 0 Å². The zero-order valence-electron chi connectivity index (χ0n) is 8.48. The SMILES string of the molecule is CC(CC(=O)O)NC(=O)c1ccc(Cl)nn1. The number of aromatic nitrogens is 2. The molecule has 2 N–H and O–H groups in total. The van der Waals surface area contributed by atoms with E-state index in [2.05, 4.69) is 15.5 Å². The number of amides is 1. The molecule has 1 atom stereocenters. The van der Waals surface area contributed by atoms with E-state index in [1.165, 1.54) is 12.1 Å². The Labute approximate surface area is 96.6 Å². The number of hydrogen-bond acceptors (Lipinski definition) is 4. The van der Waals surface area contributed by atoms with Crippen LogP contribution in [0.5, 0.6) is 0 Å². The molecule has 1 rings (SSSR count). The fourth-order valence-electron chi connectivity index (χ4n) is 1.05. The van der Waals surface area contributed by atoms with Crippen molar-refractivity contribution in [1.29, 1.82) is 0 Å². The second kappa shape index (κ2) is 5.41. The van der Waals surface area contributed by atoms with Gasteiger partial charge in [0.1, 0.15) is 0 Å². The van der Waals surface area contributed by atoms with Crippen LogP contribution in [0.25, 0.3) is 0 Å². The van der Waals surface area contributed by atoms with Gasteiger partial charge in [-0.2, -0.15) is 0 Å². The predicted molar refractivity (Wildman–Crippen MR) is 56.2 cm³/mol. The van der Waals surface area contributed by atoms with Gasteiger partial charge < -0.3 is 10.4 Å². The van der Waals surface area contributed by atoms with E-state index in [-0.39, 0.29) is 17.3 Å². The highest BCUT2D eigenvalue weighted by atomic mass is 35.5. The lowest BCUT2D eigenvalue weighted by Gasteiger charge is -2.10. The van der Waals surface area contributed by atoms with Gasteiger partial charge in [0, 0.05) is 6.04 Å². The molecular weight excluding hydrogens is 234 g/mol. The van der Waals surface area contributed by atoms with Gasteiger partial charge in [-0.3, -0.25) is 9.59 Å². The van der Waals surface area contributed by atoms with Crippen LogP contribution in [0.3, 0.4) is 0 Å². The molecule has 0 radical (unpaired) electrons. The number of carboxylic acids is 1. The summed E-state index contributed by atoms with van der Waals surface area (Å²) >= 11 is 5.51. The van der Waals surface area contributed by atoms with Gasteiger partial charge in [0.05, 0.1) is 6.42 Å². The third kappa shape index (κ3) is 3.82. The molecule has 0 saturated carbocycles. The second-order valence-electron chi connectivity index (χ2n) is 3.21. The first-order valence-corrected chi connectivity index (χ1v) is 4.88. The third-order valence-corrected chi connectivity index (χ3v) is 1.92. The number of carboxylic acid groups (broad SMARTS) is 1. The van der Waals surface area contributed by atoms with Gasteiger partial charge in [-0.05, 0) is 19.1 Å². The summed E-state index contributed by atoms with van der Waals surface area (Å²) in [5, 5.41) is 18.3. The first kappa shape index (κ1) is 12.4. The molecule has 1 aromatic heterocycles. The monoisotopic (exact) mass is 243 g/mol. The summed E-state index contributed by atoms with van der Waals surface area (Å²) in [5.74, 6) is -1.45. The first-order valence-electron chi connectivity index (χ1n) is 4.51. The number of halogens is 1. The van der Waals surface area contributed by atoms with Crippen molar-refractivity contribution in [2.24, 2.45) is 0 Å². The number of nitrogens with zero attached hydrogens (tertiary/aromatic N) is 2. The molecule has 0 aliphatic rings. The Bertz CT molecular complexity index is 393. The number of aliphatic carboxylic acids is 1. The van der Waals surface area contributed by atoms with E-state index in [0.29, 0.717) is 0 Å². The minimum atomic E-state index is -0.977. The molecule has 0 saturated heterocycles. The minimum Gasteiger partial charge on any atom is -0.481 e. The van der Waals surface area contributed by atoms with E-state index >= 15 is 0 Å². The van der Waals surface area contributed by atoms with Gasteiger partial charge >= 0.3 is 5.97 Å². The Kier molecular flexibility index (Phi) is 4.19. The summed E-state index contributed by atoms with van der Waals surface area (Å²) in [4.78, 5) is 21.9. The molecule has 86 valence electrons. The normalized spacial score (nSPS) is 11.9. The lowest BCUT2D eigenvalue weighted by Crippen LogP contribution is -2.34. The minimum absolute atomic E-state index is 0.0987. The molecule has 0 aromatic carbocycles. The Morgan fingerprint density at radius 3 is 2.69 bits per heavy atom. The van der Waals surface area contributed by atoms with Crippen molar-refractivity contribution in [2.45, 2.75) is 19.4 Å². The van der Waals surface area contributed by atoms with Gasteiger partial charge in [0.25, 0.3) is 5.91 Å². The largest absolute Gasteiger partial charge is 0.481 e. The fraction of sp³-hybridized carbons (Fsp3) is 0.333. The maximum Gasteiger partial charge on any atom is 0.305 e. The zero-order chi connectivity index (χ0) is 12.1. The van der Waals surface area contributed by atoms with Gasteiger partial charge in [0.15, 0.2) is 10.8 Å². The number of rotatable bonds is 4. The van der Waals surface area contributed by atoms with Crippen molar-refractivity contribution in [2.75, 3.05) is 0 Å². The summed E-state index contributed by atoms with van der Waals surface area (Å²) in [6, 6.07) is 2.38. The van der Waals surface area contributed by atoms with Gasteiger partial charge in [-0.1, -0.05) is 11.6 Å². The van der Waals surface area contributed by atoms with E-state index in [1.54, 1.807) is 6.92 Å². The second-order valence-corrected chi connectivity index (χ2v) is 3.60. The van der Waals surface area contributed by atoms with E-state index in [1.807, 2.05) is 0 Å². The van der Waals surface area contributed by atoms with E-state index in [4.69, 9.17) is 16.7 Å². The number of carbonyl (C=O) groups is 2. The van der Waals surface area contributed by atoms with Crippen molar-refractivity contribution in [1.82, 2.24) is 15.5 Å². The smallest absolute Gasteiger partial charge is 0.305 e. The van der Waals surface area contributed by atoms with Crippen LogP contribution in [0.4, 0.5) is 0 Å². The quantitative estimate of drug-likeness (QED) is 0.813. The van der Waals surface area contributed by atoms with E-state index in [0.717, 1.165) is 0 Å². The molecule has 1 amide bonds. The van der Waals surface area contributed by atoms with Crippen LogP contribution in [0.15, 0.2) is 12.1 Å². The highest BCUT2D eigenvalue weighted by Crippen LogP contribution is 2.02. The maximum absolute atomic E-state index is 11.5. The molecule has 6 nitrogen and oxygen atoms in total. The molecule has 1 aromatic rings. The summed E-state index contributed by atoms with van der Waals surface area (Å²) in [7, 11) is 0. The Hall–Kier alpha value is -1.69. The lowest BCUT2D eigenvalue weighted by molar-refractivity contribution is -0.137.